The highest BCUT2D eigenvalue weighted by Gasteiger charge is 2.78. The molecule has 3 unspecified atom stereocenters. The van der Waals surface area contributed by atoms with Crippen molar-refractivity contribution in [3.63, 3.8) is 0 Å². The zero-order valence-corrected chi connectivity index (χ0v) is 23.9. The summed E-state index contributed by atoms with van der Waals surface area (Å²) in [5.41, 5.74) is 10.8. The molecule has 2 fully saturated rings. The molecule has 2 aliphatic rings. The van der Waals surface area contributed by atoms with Crippen molar-refractivity contribution in [3.05, 3.63) is 33.5 Å². The number of nitrogens with two attached hydrogens (primary N) is 2. The second-order valence-corrected chi connectivity index (χ2v) is 11.4. The van der Waals surface area contributed by atoms with Crippen molar-refractivity contribution in [3.8, 4) is 11.8 Å². The Morgan fingerprint density at radius 3 is 2.61 bits per heavy atom. The van der Waals surface area contributed by atoms with E-state index in [1.54, 1.807) is 17.0 Å². The first kappa shape index (κ1) is 28.7. The minimum Gasteiger partial charge on any atom is -0.456 e. The molecule has 2 saturated carbocycles. The highest BCUT2D eigenvalue weighted by atomic mass is 35.5. The number of amides is 1. The summed E-state index contributed by atoms with van der Waals surface area (Å²) in [5.74, 6) is 4.59. The molecule has 6 N–H and O–H groups in total. The summed E-state index contributed by atoms with van der Waals surface area (Å²) in [4.78, 5) is 52.6. The topological polar surface area (TPSA) is 189 Å². The van der Waals surface area contributed by atoms with E-state index in [0.717, 1.165) is 11.3 Å². The van der Waals surface area contributed by atoms with Gasteiger partial charge >= 0.3 is 11.9 Å². The molecule has 0 aromatic carbocycles. The molecule has 3 aromatic heterocycles. The summed E-state index contributed by atoms with van der Waals surface area (Å²) in [6, 6.07) is 2.91. The fourth-order valence-electron chi connectivity index (χ4n) is 5.48. The highest BCUT2D eigenvalue weighted by molar-refractivity contribution is 7.16. The Labute approximate surface area is 244 Å². The Morgan fingerprint density at radius 1 is 1.20 bits per heavy atom. The van der Waals surface area contributed by atoms with E-state index in [1.165, 1.54) is 18.4 Å². The third-order valence-electron chi connectivity index (χ3n) is 7.28. The molecule has 5 atom stereocenters. The summed E-state index contributed by atoms with van der Waals surface area (Å²) in [6.45, 7) is 1.85. The largest absolute Gasteiger partial charge is 0.456 e. The molecule has 0 radical (unpaired) electrons. The lowest BCUT2D eigenvalue weighted by atomic mass is 9.97. The van der Waals surface area contributed by atoms with Crippen LogP contribution in [0.2, 0.25) is 4.34 Å². The van der Waals surface area contributed by atoms with E-state index in [1.807, 2.05) is 13.0 Å². The molecule has 1 amide bonds. The van der Waals surface area contributed by atoms with Crippen molar-refractivity contribution in [1.82, 2.24) is 24.8 Å². The van der Waals surface area contributed by atoms with E-state index in [2.05, 4.69) is 32.4 Å². The Bertz CT molecular complexity index is 1560. The van der Waals surface area contributed by atoms with Crippen molar-refractivity contribution in [2.24, 2.45) is 22.8 Å². The predicted octanol–water partition coefficient (Wildman–Crippen LogP) is 0.811. The van der Waals surface area contributed by atoms with Gasteiger partial charge in [-0.3, -0.25) is 14.4 Å². The van der Waals surface area contributed by atoms with Crippen LogP contribution in [0.15, 0.2) is 18.5 Å². The zero-order valence-electron chi connectivity index (χ0n) is 22.3. The number of carbonyl (C=O) groups is 3. The number of hydrogen-bond donors (Lipinski definition) is 4. The molecule has 0 spiro atoms. The molecule has 0 aliphatic heterocycles. The molecule has 0 saturated heterocycles. The Balaban J connectivity index is 1.64. The second kappa shape index (κ2) is 11.6. The SMILES string of the molecule is CCCNc1nc(C#Cc2ccc(Cl)s2)nc2c1ncn2C1C2CC2(C(=O)NC)[C@@H](OC(=O)CN)[C@H]1OC(=O)CN. The van der Waals surface area contributed by atoms with Gasteiger partial charge < -0.3 is 36.1 Å². The minimum atomic E-state index is -1.13. The standard InChI is InChI=1S/C26H29ClN8O5S/c1-3-8-31-23-19-24(34-16(33-23)7-5-13-4-6-15(27)41-13)35(12-32-19)20-14-9-26(14,25(38)30-2)22(40-18(37)11-29)21(20)39-17(36)10-28/h4,6,12,14,20-22H,3,8-11,28-29H2,1-2H3,(H,30,38)(H,31,33,34)/t14?,20?,21-,22-,26?/m0/s1. The molecule has 13 nitrogen and oxygen atoms in total. The highest BCUT2D eigenvalue weighted by Crippen LogP contribution is 2.69. The number of fused-ring (bicyclic) bond motifs is 2. The number of nitrogens with one attached hydrogen (secondary N) is 2. The molecule has 15 heteroatoms. The summed E-state index contributed by atoms with van der Waals surface area (Å²) in [6.07, 6.45) is 0.629. The first-order chi connectivity index (χ1) is 19.8. The lowest BCUT2D eigenvalue weighted by Crippen LogP contribution is -2.47. The van der Waals surface area contributed by atoms with E-state index in [-0.39, 0.29) is 17.6 Å². The number of esters is 2. The fraction of sp³-hybridized carbons (Fsp3) is 0.462. The summed E-state index contributed by atoms with van der Waals surface area (Å²) >= 11 is 7.38. The summed E-state index contributed by atoms with van der Waals surface area (Å²) in [7, 11) is 1.50. The normalized spacial score (nSPS) is 24.2. The number of thiophene rings is 1. The minimum absolute atomic E-state index is 0.232. The molecule has 3 aromatic rings. The van der Waals surface area contributed by atoms with Crippen molar-refractivity contribution >= 4 is 57.8 Å². The number of anilines is 1. The van der Waals surface area contributed by atoms with Crippen LogP contribution in [0.25, 0.3) is 11.2 Å². The van der Waals surface area contributed by atoms with Crippen LogP contribution in [0.4, 0.5) is 5.82 Å². The van der Waals surface area contributed by atoms with Gasteiger partial charge in [0.15, 0.2) is 29.2 Å². The van der Waals surface area contributed by atoms with Crippen LogP contribution in [-0.4, -0.2) is 76.3 Å². The summed E-state index contributed by atoms with van der Waals surface area (Å²) in [5, 5.41) is 5.94. The number of nitrogens with zero attached hydrogens (tertiary/aromatic N) is 4. The number of aromatic nitrogens is 4. The number of carbonyl (C=O) groups excluding carboxylic acids is 3. The number of ether oxygens (including phenoxy) is 2. The average Bonchev–Trinajstić information content (AvgIpc) is 3.21. The van der Waals surface area contributed by atoms with Gasteiger partial charge in [-0.15, -0.1) is 11.3 Å². The smallest absolute Gasteiger partial charge is 0.320 e. The van der Waals surface area contributed by atoms with E-state index >= 15 is 0 Å². The van der Waals surface area contributed by atoms with Gasteiger partial charge in [-0.25, -0.2) is 15.0 Å². The molecule has 3 heterocycles. The van der Waals surface area contributed by atoms with Gasteiger partial charge in [-0.1, -0.05) is 18.5 Å². The van der Waals surface area contributed by atoms with Crippen LogP contribution in [0.5, 0.6) is 0 Å². The van der Waals surface area contributed by atoms with Crippen LogP contribution in [0.3, 0.4) is 0 Å². The first-order valence-corrected chi connectivity index (χ1v) is 14.2. The maximum atomic E-state index is 13.2. The number of rotatable bonds is 9. The van der Waals surface area contributed by atoms with E-state index < -0.39 is 48.7 Å². The predicted molar refractivity (Wildman–Crippen MR) is 151 cm³/mol. The van der Waals surface area contributed by atoms with Gasteiger partial charge in [0.2, 0.25) is 11.7 Å². The first-order valence-electron chi connectivity index (χ1n) is 13.0. The lowest BCUT2D eigenvalue weighted by Gasteiger charge is -2.30. The number of imidazole rings is 1. The van der Waals surface area contributed by atoms with Gasteiger partial charge in [0.05, 0.1) is 40.1 Å². The Hall–Kier alpha value is -3.77. The fourth-order valence-corrected chi connectivity index (χ4v) is 6.38. The van der Waals surface area contributed by atoms with Gasteiger partial charge in [0, 0.05) is 19.5 Å². The molecule has 2 aliphatic carbocycles. The van der Waals surface area contributed by atoms with Crippen molar-refractivity contribution in [2.75, 3.05) is 32.0 Å². The Kier molecular flexibility index (Phi) is 8.14. The van der Waals surface area contributed by atoms with Crippen molar-refractivity contribution in [2.45, 2.75) is 38.0 Å². The summed E-state index contributed by atoms with van der Waals surface area (Å²) < 4.78 is 13.8. The number of halogens is 1. The third-order valence-corrected chi connectivity index (χ3v) is 8.43. The maximum Gasteiger partial charge on any atom is 0.320 e. The van der Waals surface area contributed by atoms with E-state index in [9.17, 15) is 14.4 Å². The van der Waals surface area contributed by atoms with Crippen LogP contribution < -0.4 is 22.1 Å². The molecule has 41 heavy (non-hydrogen) atoms. The van der Waals surface area contributed by atoms with E-state index in [0.29, 0.717) is 34.3 Å². The quantitative estimate of drug-likeness (QED) is 0.201. The average molecular weight is 601 g/mol. The third kappa shape index (κ3) is 5.21. The van der Waals surface area contributed by atoms with Crippen LogP contribution in [0.1, 0.15) is 36.5 Å². The zero-order chi connectivity index (χ0) is 29.3. The monoisotopic (exact) mass is 600 g/mol. The molecule has 216 valence electrons. The van der Waals surface area contributed by atoms with Gasteiger partial charge in [-0.05, 0) is 36.8 Å². The molecular formula is C26H29ClN8O5S. The number of hydrogen-bond acceptors (Lipinski definition) is 12. The molecule has 0 bridgehead atoms. The van der Waals surface area contributed by atoms with Gasteiger partial charge in [-0.2, -0.15) is 0 Å². The molecule has 5 rings (SSSR count). The van der Waals surface area contributed by atoms with E-state index in [4.69, 9.17) is 37.5 Å². The second-order valence-electron chi connectivity index (χ2n) is 9.69. The molecular weight excluding hydrogens is 572 g/mol. The maximum absolute atomic E-state index is 13.2. The van der Waals surface area contributed by atoms with Crippen molar-refractivity contribution in [1.29, 1.82) is 0 Å². The van der Waals surface area contributed by atoms with Crippen LogP contribution in [-0.2, 0) is 23.9 Å². The Morgan fingerprint density at radius 2 is 1.95 bits per heavy atom. The van der Waals surface area contributed by atoms with Gasteiger partial charge in [0.1, 0.15) is 0 Å². The van der Waals surface area contributed by atoms with Gasteiger partial charge in [0.25, 0.3) is 0 Å². The van der Waals surface area contributed by atoms with Crippen molar-refractivity contribution < 1.29 is 23.9 Å². The van der Waals surface area contributed by atoms with Crippen LogP contribution in [0, 0.1) is 23.2 Å². The van der Waals surface area contributed by atoms with Crippen LogP contribution >= 0.6 is 22.9 Å². The lowest BCUT2D eigenvalue weighted by molar-refractivity contribution is -0.172.